The second kappa shape index (κ2) is 6.80. The van der Waals surface area contributed by atoms with Crippen LogP contribution < -0.4 is 15.7 Å². The Bertz CT molecular complexity index is 1220. The molecule has 0 fully saturated rings. The number of carbonyl (C=O) groups excluding carboxylic acids is 2. The van der Waals surface area contributed by atoms with E-state index in [9.17, 15) is 19.2 Å². The molecular weight excluding hydrogens is 366 g/mol. The third kappa shape index (κ3) is 2.79. The van der Waals surface area contributed by atoms with Crippen LogP contribution in [-0.4, -0.2) is 23.5 Å². The number of rotatable bonds is 3. The maximum absolute atomic E-state index is 13.0. The molecule has 0 amide bonds. The van der Waals surface area contributed by atoms with Gasteiger partial charge in [0.2, 0.25) is 0 Å². The Hall–Kier alpha value is -3.68. The van der Waals surface area contributed by atoms with Gasteiger partial charge in [-0.3, -0.25) is 14.4 Å². The fourth-order valence-corrected chi connectivity index (χ4v) is 3.34. The minimum absolute atomic E-state index is 0.0211. The zero-order valence-electron chi connectivity index (χ0n) is 14.8. The summed E-state index contributed by atoms with van der Waals surface area (Å²) in [4.78, 5) is 52.4. The molecule has 1 N–H and O–H groups in total. The van der Waals surface area contributed by atoms with E-state index in [2.05, 4.69) is 4.98 Å². The van der Waals surface area contributed by atoms with Gasteiger partial charge in [0.25, 0.3) is 5.56 Å². The molecule has 1 aromatic carbocycles. The van der Waals surface area contributed by atoms with Gasteiger partial charge in [0.05, 0.1) is 30.2 Å². The molecule has 0 aliphatic carbocycles. The van der Waals surface area contributed by atoms with E-state index in [1.54, 1.807) is 31.2 Å². The molecular formula is C20H15NO7. The van der Waals surface area contributed by atoms with E-state index in [-0.39, 0.29) is 40.9 Å². The van der Waals surface area contributed by atoms with E-state index in [1.807, 2.05) is 0 Å². The molecule has 0 radical (unpaired) electrons. The predicted octanol–water partition coefficient (Wildman–Crippen LogP) is 2.10. The van der Waals surface area contributed by atoms with Crippen LogP contribution in [0.3, 0.4) is 0 Å². The van der Waals surface area contributed by atoms with Crippen molar-refractivity contribution in [1.29, 1.82) is 0 Å². The molecule has 1 aliphatic rings. The second-order valence-electron chi connectivity index (χ2n) is 6.24. The number of ether oxygens (including phenoxy) is 2. The van der Waals surface area contributed by atoms with E-state index in [0.29, 0.717) is 11.0 Å². The van der Waals surface area contributed by atoms with Gasteiger partial charge in [-0.05, 0) is 19.1 Å². The molecule has 0 saturated heterocycles. The number of nitrogens with one attached hydrogen (secondary N) is 1. The first-order valence-corrected chi connectivity index (χ1v) is 8.65. The van der Waals surface area contributed by atoms with Gasteiger partial charge in [0.1, 0.15) is 11.1 Å². The van der Waals surface area contributed by atoms with Crippen LogP contribution >= 0.6 is 0 Å². The average Bonchev–Trinajstić information content (AvgIpc) is 2.68. The number of aromatic nitrogens is 1. The van der Waals surface area contributed by atoms with Gasteiger partial charge >= 0.3 is 11.9 Å². The fraction of sp³-hybridized carbons (Fsp3) is 0.200. The van der Waals surface area contributed by atoms with Gasteiger partial charge in [-0.25, -0.2) is 4.79 Å². The highest BCUT2D eigenvalue weighted by molar-refractivity contribution is 5.94. The van der Waals surface area contributed by atoms with Crippen LogP contribution in [0.1, 0.15) is 40.7 Å². The normalized spacial score (nSPS) is 15.8. The third-order valence-corrected chi connectivity index (χ3v) is 4.59. The minimum atomic E-state index is -0.907. The number of pyridine rings is 1. The van der Waals surface area contributed by atoms with Crippen molar-refractivity contribution in [1.82, 2.24) is 4.98 Å². The SMILES string of the molecule is CCOC(=O)c1c[nH]c(=O)c2c1OC(=O)CC2c1coc2ccccc2c1=O. The van der Waals surface area contributed by atoms with Crippen LogP contribution in [0.25, 0.3) is 11.0 Å². The predicted molar refractivity (Wildman–Crippen MR) is 97.6 cm³/mol. The van der Waals surface area contributed by atoms with Crippen LogP contribution in [0.4, 0.5) is 0 Å². The van der Waals surface area contributed by atoms with Crippen LogP contribution in [-0.2, 0) is 9.53 Å². The lowest BCUT2D eigenvalue weighted by molar-refractivity contribution is -0.135. The van der Waals surface area contributed by atoms with Crippen LogP contribution in [0.15, 0.2) is 50.7 Å². The molecule has 8 heteroatoms. The molecule has 1 unspecified atom stereocenters. The van der Waals surface area contributed by atoms with Gasteiger partial charge in [-0.15, -0.1) is 0 Å². The number of fused-ring (bicyclic) bond motifs is 2. The lowest BCUT2D eigenvalue weighted by Gasteiger charge is -2.24. The third-order valence-electron chi connectivity index (χ3n) is 4.59. The highest BCUT2D eigenvalue weighted by Crippen LogP contribution is 2.37. The summed E-state index contributed by atoms with van der Waals surface area (Å²) in [6.07, 6.45) is 2.15. The van der Waals surface area contributed by atoms with Gasteiger partial charge < -0.3 is 18.9 Å². The lowest BCUT2D eigenvalue weighted by Crippen LogP contribution is -2.32. The summed E-state index contributed by atoms with van der Waals surface area (Å²) in [5, 5.41) is 0.332. The monoisotopic (exact) mass is 381 g/mol. The number of carbonyl (C=O) groups is 2. The molecule has 3 aromatic rings. The Morgan fingerprint density at radius 1 is 1.25 bits per heavy atom. The molecule has 2 aromatic heterocycles. The smallest absolute Gasteiger partial charge is 0.343 e. The fourth-order valence-electron chi connectivity index (χ4n) is 3.34. The van der Waals surface area contributed by atoms with Crippen molar-refractivity contribution in [3.63, 3.8) is 0 Å². The molecule has 0 bridgehead atoms. The summed E-state index contributed by atoms with van der Waals surface area (Å²) < 4.78 is 15.7. The highest BCUT2D eigenvalue weighted by Gasteiger charge is 2.36. The quantitative estimate of drug-likeness (QED) is 0.691. The first-order chi connectivity index (χ1) is 13.5. The maximum Gasteiger partial charge on any atom is 0.343 e. The summed E-state index contributed by atoms with van der Waals surface area (Å²) in [7, 11) is 0. The topological polar surface area (TPSA) is 116 Å². The zero-order chi connectivity index (χ0) is 19.8. The molecule has 0 spiro atoms. The molecule has 1 atom stereocenters. The van der Waals surface area contributed by atoms with Crippen molar-refractivity contribution < 1.29 is 23.5 Å². The largest absolute Gasteiger partial charge is 0.464 e. The van der Waals surface area contributed by atoms with E-state index in [1.165, 1.54) is 6.26 Å². The number of benzene rings is 1. The molecule has 4 rings (SSSR count). The number of para-hydroxylation sites is 1. The zero-order valence-corrected chi connectivity index (χ0v) is 14.8. The number of hydrogen-bond acceptors (Lipinski definition) is 7. The lowest BCUT2D eigenvalue weighted by atomic mass is 9.86. The van der Waals surface area contributed by atoms with E-state index < -0.39 is 23.4 Å². The Morgan fingerprint density at radius 2 is 2.04 bits per heavy atom. The summed E-state index contributed by atoms with van der Waals surface area (Å²) in [6.45, 7) is 1.74. The van der Waals surface area contributed by atoms with Gasteiger partial charge in [-0.1, -0.05) is 12.1 Å². The van der Waals surface area contributed by atoms with Crippen molar-refractivity contribution in [2.75, 3.05) is 6.61 Å². The van der Waals surface area contributed by atoms with E-state index in [0.717, 1.165) is 6.20 Å². The summed E-state index contributed by atoms with van der Waals surface area (Å²) in [5.74, 6) is -2.50. The van der Waals surface area contributed by atoms with E-state index in [4.69, 9.17) is 13.9 Å². The number of H-pyrrole nitrogens is 1. The van der Waals surface area contributed by atoms with Gasteiger partial charge in [-0.2, -0.15) is 0 Å². The van der Waals surface area contributed by atoms with Gasteiger partial charge in [0, 0.05) is 17.7 Å². The first kappa shape index (κ1) is 17.7. The Balaban J connectivity index is 1.95. The molecule has 28 heavy (non-hydrogen) atoms. The molecule has 1 aliphatic heterocycles. The number of aromatic amines is 1. The second-order valence-corrected chi connectivity index (χ2v) is 6.24. The average molecular weight is 381 g/mol. The molecule has 0 saturated carbocycles. The Labute approximate surface area is 157 Å². The van der Waals surface area contributed by atoms with Crippen molar-refractivity contribution in [2.24, 2.45) is 0 Å². The number of esters is 2. The summed E-state index contributed by atoms with van der Waals surface area (Å²) in [6, 6.07) is 6.67. The van der Waals surface area contributed by atoms with Crippen molar-refractivity contribution in [3.8, 4) is 5.75 Å². The van der Waals surface area contributed by atoms with Crippen LogP contribution in [0.2, 0.25) is 0 Å². The van der Waals surface area contributed by atoms with Crippen LogP contribution in [0, 0.1) is 0 Å². The van der Waals surface area contributed by atoms with Crippen LogP contribution in [0.5, 0.6) is 5.75 Å². The molecule has 142 valence electrons. The van der Waals surface area contributed by atoms with Crippen molar-refractivity contribution in [2.45, 2.75) is 19.3 Å². The highest BCUT2D eigenvalue weighted by atomic mass is 16.5. The Kier molecular flexibility index (Phi) is 4.31. The maximum atomic E-state index is 13.0. The minimum Gasteiger partial charge on any atom is -0.464 e. The van der Waals surface area contributed by atoms with Crippen molar-refractivity contribution in [3.05, 3.63) is 74.0 Å². The molecule has 8 nitrogen and oxygen atoms in total. The van der Waals surface area contributed by atoms with Gasteiger partial charge in [0.15, 0.2) is 11.2 Å². The Morgan fingerprint density at radius 3 is 2.82 bits per heavy atom. The first-order valence-electron chi connectivity index (χ1n) is 8.65. The number of hydrogen-bond donors (Lipinski definition) is 1. The standard InChI is InChI=1S/C20H15NO7/c1-2-26-20(25)12-8-21-19(24)16-11(7-15(22)28-18(12)16)13-9-27-14-6-4-3-5-10(14)17(13)23/h3-6,8-9,11H,2,7H2,1H3,(H,21,24). The van der Waals surface area contributed by atoms with Crippen molar-refractivity contribution >= 4 is 22.9 Å². The molecule has 3 heterocycles. The summed E-state index contributed by atoms with van der Waals surface area (Å²) in [5.41, 5.74) is -0.443. The van der Waals surface area contributed by atoms with E-state index >= 15 is 0 Å². The summed E-state index contributed by atoms with van der Waals surface area (Å²) >= 11 is 0.